The molecule has 1 atom stereocenters. The van der Waals surface area contributed by atoms with Gasteiger partial charge in [-0.1, -0.05) is 54.6 Å². The van der Waals surface area contributed by atoms with Crippen molar-refractivity contribution < 1.29 is 18.7 Å². The highest BCUT2D eigenvalue weighted by atomic mass is 19.1. The summed E-state index contributed by atoms with van der Waals surface area (Å²) < 4.78 is 18.4. The maximum Gasteiger partial charge on any atom is 0.338 e. The van der Waals surface area contributed by atoms with Crippen molar-refractivity contribution in [3.05, 3.63) is 107 Å². The van der Waals surface area contributed by atoms with E-state index in [9.17, 15) is 14.0 Å². The van der Waals surface area contributed by atoms with Gasteiger partial charge >= 0.3 is 5.97 Å². The van der Waals surface area contributed by atoms with Crippen molar-refractivity contribution in [1.82, 2.24) is 0 Å². The molecule has 3 aromatic carbocycles. The van der Waals surface area contributed by atoms with Crippen molar-refractivity contribution in [3.63, 3.8) is 0 Å². The van der Waals surface area contributed by atoms with E-state index < -0.39 is 12.1 Å². The number of hydrogen-bond acceptors (Lipinski definition) is 3. The van der Waals surface area contributed by atoms with Crippen LogP contribution in [0.4, 0.5) is 4.39 Å². The third-order valence-electron chi connectivity index (χ3n) is 4.04. The van der Waals surface area contributed by atoms with E-state index in [-0.39, 0.29) is 11.6 Å². The van der Waals surface area contributed by atoms with Crippen LogP contribution in [0.1, 0.15) is 44.9 Å². The largest absolute Gasteiger partial charge is 0.454 e. The Labute approximate surface area is 151 Å². The van der Waals surface area contributed by atoms with Gasteiger partial charge in [0.2, 0.25) is 0 Å². The van der Waals surface area contributed by atoms with Gasteiger partial charge in [-0.05, 0) is 36.8 Å². The summed E-state index contributed by atoms with van der Waals surface area (Å²) in [5.74, 6) is -0.948. The molecule has 0 saturated carbocycles. The van der Waals surface area contributed by atoms with E-state index in [4.69, 9.17) is 4.74 Å². The zero-order valence-corrected chi connectivity index (χ0v) is 14.2. The summed E-state index contributed by atoms with van der Waals surface area (Å²) in [7, 11) is 0. The molecule has 0 fully saturated rings. The molecule has 0 radical (unpaired) electrons. The van der Waals surface area contributed by atoms with Crippen LogP contribution in [-0.2, 0) is 4.74 Å². The second kappa shape index (κ2) is 7.74. The first-order valence-electron chi connectivity index (χ1n) is 8.21. The Morgan fingerprint density at radius 1 is 0.769 bits per heavy atom. The lowest BCUT2D eigenvalue weighted by atomic mass is 10.0. The van der Waals surface area contributed by atoms with Gasteiger partial charge in [0.1, 0.15) is 11.9 Å². The summed E-state index contributed by atoms with van der Waals surface area (Å²) >= 11 is 0. The third-order valence-corrected chi connectivity index (χ3v) is 4.04. The van der Waals surface area contributed by atoms with E-state index in [0.29, 0.717) is 22.3 Å². The molecule has 3 aromatic rings. The highest BCUT2D eigenvalue weighted by Crippen LogP contribution is 2.19. The summed E-state index contributed by atoms with van der Waals surface area (Å²) in [6, 6.07) is 21.1. The van der Waals surface area contributed by atoms with Crippen LogP contribution in [-0.4, -0.2) is 11.8 Å². The van der Waals surface area contributed by atoms with Gasteiger partial charge in [-0.2, -0.15) is 0 Å². The molecular formula is C22H17FO3. The SMILES string of the molecule is C[C@@H](OC(=O)c1ccc(C(=O)c2ccccc2)cc1)c1ccc(F)cc1. The normalized spacial score (nSPS) is 11.6. The quantitative estimate of drug-likeness (QED) is 0.483. The van der Waals surface area contributed by atoms with Crippen LogP contribution in [0.3, 0.4) is 0 Å². The first-order chi connectivity index (χ1) is 12.5. The van der Waals surface area contributed by atoms with Gasteiger partial charge in [0.25, 0.3) is 0 Å². The number of hydrogen-bond donors (Lipinski definition) is 0. The molecule has 0 aromatic heterocycles. The molecular weight excluding hydrogens is 331 g/mol. The molecule has 4 heteroatoms. The molecule has 0 heterocycles. The molecule has 0 aliphatic rings. The predicted octanol–water partition coefficient (Wildman–Crippen LogP) is 4.97. The average molecular weight is 348 g/mol. The van der Waals surface area contributed by atoms with Gasteiger partial charge in [-0.25, -0.2) is 9.18 Å². The molecule has 0 aliphatic carbocycles. The van der Waals surface area contributed by atoms with Crippen LogP contribution >= 0.6 is 0 Å². The third kappa shape index (κ3) is 4.03. The molecule has 0 N–H and O–H groups in total. The van der Waals surface area contributed by atoms with Crippen LogP contribution in [0.15, 0.2) is 78.9 Å². The number of carbonyl (C=O) groups is 2. The molecule has 130 valence electrons. The maximum absolute atomic E-state index is 13.0. The lowest BCUT2D eigenvalue weighted by Crippen LogP contribution is -2.10. The van der Waals surface area contributed by atoms with Crippen molar-refractivity contribution in [1.29, 1.82) is 0 Å². The van der Waals surface area contributed by atoms with E-state index in [2.05, 4.69) is 0 Å². The van der Waals surface area contributed by atoms with Crippen molar-refractivity contribution in [2.75, 3.05) is 0 Å². The zero-order chi connectivity index (χ0) is 18.5. The number of carbonyl (C=O) groups excluding carboxylic acids is 2. The molecule has 0 aliphatic heterocycles. The molecule has 0 amide bonds. The summed E-state index contributed by atoms with van der Waals surface area (Å²) in [5.41, 5.74) is 2.14. The minimum atomic E-state index is -0.506. The van der Waals surface area contributed by atoms with Gasteiger partial charge in [0, 0.05) is 11.1 Å². The van der Waals surface area contributed by atoms with Gasteiger partial charge < -0.3 is 4.74 Å². The minimum Gasteiger partial charge on any atom is -0.454 e. The topological polar surface area (TPSA) is 43.4 Å². The number of esters is 1. The van der Waals surface area contributed by atoms with Crippen LogP contribution in [0.2, 0.25) is 0 Å². The van der Waals surface area contributed by atoms with Crippen molar-refractivity contribution in [2.24, 2.45) is 0 Å². The molecule has 3 nitrogen and oxygen atoms in total. The number of benzene rings is 3. The standard InChI is InChI=1S/C22H17FO3/c1-15(16-11-13-20(23)14-12-16)26-22(25)19-9-7-18(8-10-19)21(24)17-5-3-2-4-6-17/h2-15H,1H3/t15-/m1/s1. The highest BCUT2D eigenvalue weighted by Gasteiger charge is 2.15. The molecule has 0 saturated heterocycles. The van der Waals surface area contributed by atoms with E-state index in [1.54, 1.807) is 67.6 Å². The Hall–Kier alpha value is -3.27. The van der Waals surface area contributed by atoms with Crippen molar-refractivity contribution >= 4 is 11.8 Å². The first-order valence-corrected chi connectivity index (χ1v) is 8.21. The molecule has 0 spiro atoms. The molecule has 0 bridgehead atoms. The summed E-state index contributed by atoms with van der Waals surface area (Å²) in [5, 5.41) is 0. The Bertz CT molecular complexity index is 900. The Balaban J connectivity index is 1.69. The minimum absolute atomic E-state index is 0.106. The van der Waals surface area contributed by atoms with Crippen LogP contribution in [0, 0.1) is 5.82 Å². The maximum atomic E-state index is 13.0. The summed E-state index contributed by atoms with van der Waals surface area (Å²) in [6.07, 6.45) is -0.506. The second-order valence-corrected chi connectivity index (χ2v) is 5.87. The fourth-order valence-corrected chi connectivity index (χ4v) is 2.54. The monoisotopic (exact) mass is 348 g/mol. The zero-order valence-electron chi connectivity index (χ0n) is 14.2. The average Bonchev–Trinajstić information content (AvgIpc) is 2.68. The van der Waals surface area contributed by atoms with Gasteiger partial charge in [0.05, 0.1) is 5.56 Å². The Morgan fingerprint density at radius 3 is 1.92 bits per heavy atom. The van der Waals surface area contributed by atoms with E-state index in [1.165, 1.54) is 12.1 Å². The molecule has 26 heavy (non-hydrogen) atoms. The number of rotatable bonds is 5. The lowest BCUT2D eigenvalue weighted by Gasteiger charge is -2.13. The second-order valence-electron chi connectivity index (χ2n) is 5.87. The van der Waals surface area contributed by atoms with Gasteiger partial charge in [0.15, 0.2) is 5.78 Å². The Kier molecular flexibility index (Phi) is 5.23. The van der Waals surface area contributed by atoms with Crippen LogP contribution in [0.25, 0.3) is 0 Å². The summed E-state index contributed by atoms with van der Waals surface area (Å²) in [4.78, 5) is 24.6. The number of ether oxygens (including phenoxy) is 1. The van der Waals surface area contributed by atoms with Gasteiger partial charge in [-0.3, -0.25) is 4.79 Å². The van der Waals surface area contributed by atoms with E-state index in [0.717, 1.165) is 0 Å². The van der Waals surface area contributed by atoms with E-state index in [1.807, 2.05) is 6.07 Å². The van der Waals surface area contributed by atoms with Crippen molar-refractivity contribution in [2.45, 2.75) is 13.0 Å². The molecule has 0 unspecified atom stereocenters. The Morgan fingerprint density at radius 2 is 1.31 bits per heavy atom. The van der Waals surface area contributed by atoms with Crippen LogP contribution < -0.4 is 0 Å². The smallest absolute Gasteiger partial charge is 0.338 e. The highest BCUT2D eigenvalue weighted by molar-refractivity contribution is 6.09. The predicted molar refractivity (Wildman–Crippen MR) is 96.5 cm³/mol. The first kappa shape index (κ1) is 17.5. The number of halogens is 1. The molecule has 3 rings (SSSR count). The van der Waals surface area contributed by atoms with E-state index >= 15 is 0 Å². The summed E-state index contributed by atoms with van der Waals surface area (Å²) in [6.45, 7) is 1.72. The van der Waals surface area contributed by atoms with Crippen LogP contribution in [0.5, 0.6) is 0 Å². The fraction of sp³-hybridized carbons (Fsp3) is 0.0909. The van der Waals surface area contributed by atoms with Gasteiger partial charge in [-0.15, -0.1) is 0 Å². The fourth-order valence-electron chi connectivity index (χ4n) is 2.54. The lowest BCUT2D eigenvalue weighted by molar-refractivity contribution is 0.0337. The van der Waals surface area contributed by atoms with Crippen molar-refractivity contribution in [3.8, 4) is 0 Å². The number of ketones is 1.